The van der Waals surface area contributed by atoms with E-state index < -0.39 is 0 Å². The number of esters is 1. The maximum atomic E-state index is 13.5. The number of ether oxygens (including phenoxy) is 1. The third-order valence-electron chi connectivity index (χ3n) is 5.94. The van der Waals surface area contributed by atoms with E-state index in [2.05, 4.69) is 9.83 Å². The lowest BCUT2D eigenvalue weighted by Crippen LogP contribution is -2.34. The molecule has 4 rings (SSSR count). The predicted molar refractivity (Wildman–Crippen MR) is 138 cm³/mol. The van der Waals surface area contributed by atoms with Gasteiger partial charge in [-0.3, -0.25) is 14.5 Å². The lowest BCUT2D eigenvalue weighted by Gasteiger charge is -2.21. The lowest BCUT2D eigenvalue weighted by atomic mass is 10.1. The van der Waals surface area contributed by atoms with Gasteiger partial charge in [-0.2, -0.15) is 0 Å². The van der Waals surface area contributed by atoms with Crippen LogP contribution in [0.1, 0.15) is 35.1 Å². The van der Waals surface area contributed by atoms with E-state index >= 15 is 0 Å². The van der Waals surface area contributed by atoms with Crippen molar-refractivity contribution < 1.29 is 14.3 Å². The van der Waals surface area contributed by atoms with Crippen LogP contribution in [0.5, 0.6) is 0 Å². The number of aryl methyl sites for hydroxylation is 3. The Bertz CT molecular complexity index is 1410. The summed E-state index contributed by atoms with van der Waals surface area (Å²) in [5, 5.41) is 0. The minimum Gasteiger partial charge on any atom is -0.466 e. The van der Waals surface area contributed by atoms with Crippen LogP contribution in [0.3, 0.4) is 0 Å². The summed E-state index contributed by atoms with van der Waals surface area (Å²) in [4.78, 5) is 39.5. The Morgan fingerprint density at radius 1 is 1.08 bits per heavy atom. The van der Waals surface area contributed by atoms with Gasteiger partial charge < -0.3 is 9.30 Å². The number of carbonyl (C=O) groups excluding carboxylic acids is 2. The molecule has 0 spiro atoms. The van der Waals surface area contributed by atoms with Crippen molar-refractivity contribution in [3.05, 3.63) is 95.2 Å². The monoisotopic (exact) mass is 481 g/mol. The highest BCUT2D eigenvalue weighted by Crippen LogP contribution is 2.22. The fourth-order valence-corrected chi connectivity index (χ4v) is 4.03. The van der Waals surface area contributed by atoms with Crippen LogP contribution < -0.4 is 4.90 Å². The number of pyridine rings is 1. The summed E-state index contributed by atoms with van der Waals surface area (Å²) >= 11 is 0. The molecule has 1 amide bonds. The number of aromatic nitrogens is 3. The van der Waals surface area contributed by atoms with E-state index in [9.17, 15) is 9.59 Å². The average molecular weight is 482 g/mol. The first-order valence-electron chi connectivity index (χ1n) is 11.8. The number of amides is 1. The third kappa shape index (κ3) is 5.58. The van der Waals surface area contributed by atoms with Gasteiger partial charge in [0.1, 0.15) is 11.6 Å². The number of carbonyl (C=O) groups is 2. The normalized spacial score (nSPS) is 10.7. The summed E-state index contributed by atoms with van der Waals surface area (Å²) < 4.78 is 7.07. The molecule has 2 aromatic heterocycles. The van der Waals surface area contributed by atoms with E-state index in [0.717, 1.165) is 35.3 Å². The van der Waals surface area contributed by atoms with Crippen molar-refractivity contribution in [2.24, 2.45) is 7.05 Å². The summed E-state index contributed by atoms with van der Waals surface area (Å²) in [7, 11) is 1.97. The van der Waals surface area contributed by atoms with Gasteiger partial charge in [0.05, 0.1) is 30.6 Å². The maximum absolute atomic E-state index is 13.5. The molecular formula is C28H27N5O3. The lowest BCUT2D eigenvalue weighted by molar-refractivity contribution is -0.142. The fraction of sp³-hybridized carbons (Fsp3) is 0.250. The first-order chi connectivity index (χ1) is 17.5. The second kappa shape index (κ2) is 11.3. The van der Waals surface area contributed by atoms with Gasteiger partial charge in [0.15, 0.2) is 5.69 Å². The minimum absolute atomic E-state index is 0.0724. The van der Waals surface area contributed by atoms with Gasteiger partial charge in [0, 0.05) is 31.8 Å². The second-order valence-corrected chi connectivity index (χ2v) is 8.27. The van der Waals surface area contributed by atoms with Gasteiger partial charge in [-0.1, -0.05) is 35.9 Å². The van der Waals surface area contributed by atoms with Crippen LogP contribution >= 0.6 is 0 Å². The van der Waals surface area contributed by atoms with Crippen molar-refractivity contribution in [3.63, 3.8) is 0 Å². The Morgan fingerprint density at radius 3 is 2.58 bits per heavy atom. The standard InChI is InChI=1S/C28H27N5O3/c1-4-36-27(34)16-18-33(25-7-5-6-17-30-25)28(35)21-11-14-24-23(19-21)31-26(32(24)3)15-10-20-8-12-22(29-2)13-9-20/h5-9,11-14,17,19H,4,10,15-16,18H2,1,3H3. The van der Waals surface area contributed by atoms with Crippen molar-refractivity contribution in [3.8, 4) is 0 Å². The van der Waals surface area contributed by atoms with Crippen LogP contribution in [0.15, 0.2) is 66.9 Å². The van der Waals surface area contributed by atoms with E-state index in [1.807, 2.05) is 41.9 Å². The molecule has 36 heavy (non-hydrogen) atoms. The third-order valence-corrected chi connectivity index (χ3v) is 5.94. The highest BCUT2D eigenvalue weighted by molar-refractivity contribution is 6.07. The van der Waals surface area contributed by atoms with Crippen molar-refractivity contribution in [2.75, 3.05) is 18.1 Å². The first-order valence-corrected chi connectivity index (χ1v) is 11.8. The second-order valence-electron chi connectivity index (χ2n) is 8.27. The van der Waals surface area contributed by atoms with Crippen molar-refractivity contribution >= 4 is 34.4 Å². The number of benzene rings is 2. The molecule has 0 fully saturated rings. The zero-order valence-corrected chi connectivity index (χ0v) is 20.3. The highest BCUT2D eigenvalue weighted by atomic mass is 16.5. The molecule has 0 aliphatic rings. The zero-order valence-electron chi connectivity index (χ0n) is 20.3. The van der Waals surface area contributed by atoms with Gasteiger partial charge in [0.25, 0.3) is 5.91 Å². The summed E-state index contributed by atoms with van der Waals surface area (Å²) in [6.45, 7) is 9.29. The summed E-state index contributed by atoms with van der Waals surface area (Å²) in [6.07, 6.45) is 3.21. The summed E-state index contributed by atoms with van der Waals surface area (Å²) in [5.74, 6) is 0.761. The molecule has 4 aromatic rings. The maximum Gasteiger partial charge on any atom is 0.307 e. The van der Waals surface area contributed by atoms with Crippen LogP contribution in [0.4, 0.5) is 11.5 Å². The molecular weight excluding hydrogens is 454 g/mol. The molecule has 8 nitrogen and oxygen atoms in total. The molecule has 8 heteroatoms. The number of imidazole rings is 1. The molecule has 0 unspecified atom stereocenters. The van der Waals surface area contributed by atoms with Gasteiger partial charge in [-0.25, -0.2) is 14.8 Å². The number of hydrogen-bond donors (Lipinski definition) is 0. The molecule has 0 bridgehead atoms. The predicted octanol–water partition coefficient (Wildman–Crippen LogP) is 4.90. The van der Waals surface area contributed by atoms with Crippen molar-refractivity contribution in [2.45, 2.75) is 26.2 Å². The quantitative estimate of drug-likeness (QED) is 0.251. The van der Waals surface area contributed by atoms with Gasteiger partial charge >= 0.3 is 5.97 Å². The topological polar surface area (TPSA) is 81.7 Å². The van der Waals surface area contributed by atoms with Crippen molar-refractivity contribution in [1.29, 1.82) is 0 Å². The van der Waals surface area contributed by atoms with Crippen molar-refractivity contribution in [1.82, 2.24) is 14.5 Å². The molecule has 0 radical (unpaired) electrons. The van der Waals surface area contributed by atoms with Crippen LogP contribution in [-0.2, 0) is 29.4 Å². The van der Waals surface area contributed by atoms with E-state index in [1.54, 1.807) is 43.5 Å². The highest BCUT2D eigenvalue weighted by Gasteiger charge is 2.21. The average Bonchev–Trinajstić information content (AvgIpc) is 3.23. The fourth-order valence-electron chi connectivity index (χ4n) is 4.03. The number of fused-ring (bicyclic) bond motifs is 1. The molecule has 2 heterocycles. The van der Waals surface area contributed by atoms with E-state index in [4.69, 9.17) is 16.3 Å². The molecule has 0 saturated carbocycles. The number of hydrogen-bond acceptors (Lipinski definition) is 5. The molecule has 0 N–H and O–H groups in total. The number of rotatable bonds is 9. The molecule has 2 aromatic carbocycles. The van der Waals surface area contributed by atoms with Gasteiger partial charge in [0.2, 0.25) is 0 Å². The van der Waals surface area contributed by atoms with Crippen LogP contribution in [0.25, 0.3) is 15.9 Å². The van der Waals surface area contributed by atoms with Crippen LogP contribution in [0, 0.1) is 6.57 Å². The molecule has 182 valence electrons. The number of nitrogens with zero attached hydrogens (tertiary/aromatic N) is 5. The summed E-state index contributed by atoms with van der Waals surface area (Å²) in [6, 6.07) is 18.4. The minimum atomic E-state index is -0.361. The Balaban J connectivity index is 1.55. The van der Waals surface area contributed by atoms with Gasteiger partial charge in [-0.15, -0.1) is 0 Å². The van der Waals surface area contributed by atoms with E-state index in [-0.39, 0.29) is 24.8 Å². The Morgan fingerprint density at radius 2 is 1.89 bits per heavy atom. The van der Waals surface area contributed by atoms with E-state index in [0.29, 0.717) is 23.7 Å². The van der Waals surface area contributed by atoms with E-state index in [1.165, 1.54) is 4.90 Å². The molecule has 0 aliphatic carbocycles. The van der Waals surface area contributed by atoms with Crippen LogP contribution in [0.2, 0.25) is 0 Å². The Kier molecular flexibility index (Phi) is 7.71. The largest absolute Gasteiger partial charge is 0.466 e. The van der Waals surface area contributed by atoms with Gasteiger partial charge in [-0.05, 0) is 43.7 Å². The molecule has 0 aliphatic heterocycles. The Hall–Kier alpha value is -4.51. The Labute approximate surface area is 210 Å². The smallest absolute Gasteiger partial charge is 0.307 e. The molecule has 0 saturated heterocycles. The zero-order chi connectivity index (χ0) is 25.5. The number of anilines is 1. The SMILES string of the molecule is [C-]#[N+]c1ccc(CCc2nc3cc(C(=O)N(CCC(=O)OCC)c4ccccn4)ccc3n2C)cc1. The first kappa shape index (κ1) is 24.6. The molecule has 0 atom stereocenters. The van der Waals surface area contributed by atoms with Crippen LogP contribution in [-0.4, -0.2) is 39.6 Å². The summed E-state index contributed by atoms with van der Waals surface area (Å²) in [5.41, 5.74) is 3.89.